The Morgan fingerprint density at radius 1 is 1.32 bits per heavy atom. The Hall–Kier alpha value is -1.77. The zero-order chi connectivity index (χ0) is 13.4. The standard InChI is InChI=1S/C16H20N2O/c1-11(12-6-5-7-12)17-14-10-16(19)18(2)15-9-4-3-8-13(14)15/h3-4,8-12,17H,5-7H2,1-2H3. The molecule has 3 heteroatoms. The maximum Gasteiger partial charge on any atom is 0.252 e. The summed E-state index contributed by atoms with van der Waals surface area (Å²) in [5.41, 5.74) is 2.00. The highest BCUT2D eigenvalue weighted by atomic mass is 16.1. The topological polar surface area (TPSA) is 34.0 Å². The highest BCUT2D eigenvalue weighted by Gasteiger charge is 2.24. The first kappa shape index (κ1) is 12.3. The van der Waals surface area contributed by atoms with E-state index >= 15 is 0 Å². The Balaban J connectivity index is 2.03. The van der Waals surface area contributed by atoms with E-state index in [0.717, 1.165) is 22.5 Å². The minimum atomic E-state index is 0.0435. The number of fused-ring (bicyclic) bond motifs is 1. The van der Waals surface area contributed by atoms with Crippen LogP contribution < -0.4 is 10.9 Å². The number of aromatic nitrogens is 1. The second kappa shape index (κ2) is 4.72. The predicted octanol–water partition coefficient (Wildman–Crippen LogP) is 3.14. The van der Waals surface area contributed by atoms with Crippen molar-refractivity contribution in [1.82, 2.24) is 4.57 Å². The number of para-hydroxylation sites is 1. The fourth-order valence-corrected chi connectivity index (χ4v) is 2.83. The summed E-state index contributed by atoms with van der Waals surface area (Å²) in [6, 6.07) is 10.2. The van der Waals surface area contributed by atoms with Gasteiger partial charge in [0.25, 0.3) is 5.56 Å². The Kier molecular flexibility index (Phi) is 3.05. The first-order valence-electron chi connectivity index (χ1n) is 7.02. The van der Waals surface area contributed by atoms with Gasteiger partial charge in [-0.3, -0.25) is 4.79 Å². The molecule has 0 spiro atoms. The highest BCUT2D eigenvalue weighted by molar-refractivity contribution is 5.91. The quantitative estimate of drug-likeness (QED) is 0.915. The molecule has 1 aromatic carbocycles. The molecule has 100 valence electrons. The van der Waals surface area contributed by atoms with Crippen molar-refractivity contribution in [2.45, 2.75) is 32.2 Å². The minimum Gasteiger partial charge on any atom is -0.382 e. The highest BCUT2D eigenvalue weighted by Crippen LogP contribution is 2.32. The van der Waals surface area contributed by atoms with Crippen LogP contribution in [0.5, 0.6) is 0 Å². The van der Waals surface area contributed by atoms with Gasteiger partial charge in [-0.25, -0.2) is 0 Å². The smallest absolute Gasteiger partial charge is 0.252 e. The Labute approximate surface area is 113 Å². The summed E-state index contributed by atoms with van der Waals surface area (Å²) in [4.78, 5) is 12.0. The lowest BCUT2D eigenvalue weighted by Gasteiger charge is -2.32. The third kappa shape index (κ3) is 2.14. The van der Waals surface area contributed by atoms with Gasteiger partial charge in [-0.05, 0) is 31.7 Å². The van der Waals surface area contributed by atoms with E-state index in [4.69, 9.17) is 0 Å². The summed E-state index contributed by atoms with van der Waals surface area (Å²) in [5.74, 6) is 0.753. The van der Waals surface area contributed by atoms with Gasteiger partial charge in [-0.1, -0.05) is 24.6 Å². The summed E-state index contributed by atoms with van der Waals surface area (Å²) in [6.45, 7) is 2.22. The normalized spacial score (nSPS) is 17.2. The number of nitrogens with one attached hydrogen (secondary N) is 1. The van der Waals surface area contributed by atoms with Crippen LogP contribution in [0.25, 0.3) is 10.9 Å². The lowest BCUT2D eigenvalue weighted by molar-refractivity contribution is 0.285. The summed E-state index contributed by atoms with van der Waals surface area (Å²) in [6.07, 6.45) is 3.95. The summed E-state index contributed by atoms with van der Waals surface area (Å²) < 4.78 is 1.70. The van der Waals surface area contributed by atoms with Gasteiger partial charge >= 0.3 is 0 Å². The molecule has 1 saturated carbocycles. The second-order valence-electron chi connectivity index (χ2n) is 5.60. The van der Waals surface area contributed by atoms with Gasteiger partial charge in [0, 0.05) is 30.2 Å². The summed E-state index contributed by atoms with van der Waals surface area (Å²) >= 11 is 0. The van der Waals surface area contributed by atoms with Crippen molar-refractivity contribution in [3.63, 3.8) is 0 Å². The van der Waals surface area contributed by atoms with Gasteiger partial charge in [-0.2, -0.15) is 0 Å². The molecule has 2 aromatic rings. The van der Waals surface area contributed by atoms with Gasteiger partial charge < -0.3 is 9.88 Å². The molecule has 0 radical (unpaired) electrons. The molecule has 0 amide bonds. The van der Waals surface area contributed by atoms with Crippen molar-refractivity contribution >= 4 is 16.6 Å². The molecule has 1 aliphatic rings. The molecule has 1 unspecified atom stereocenters. The lowest BCUT2D eigenvalue weighted by atomic mass is 9.80. The van der Waals surface area contributed by atoms with E-state index in [1.807, 2.05) is 25.2 Å². The van der Waals surface area contributed by atoms with Crippen molar-refractivity contribution in [3.05, 3.63) is 40.7 Å². The van der Waals surface area contributed by atoms with Crippen LogP contribution >= 0.6 is 0 Å². The number of aryl methyl sites for hydroxylation is 1. The number of nitrogens with zero attached hydrogens (tertiary/aromatic N) is 1. The molecular weight excluding hydrogens is 236 g/mol. The largest absolute Gasteiger partial charge is 0.382 e. The van der Waals surface area contributed by atoms with Crippen molar-refractivity contribution < 1.29 is 0 Å². The van der Waals surface area contributed by atoms with E-state index in [2.05, 4.69) is 18.3 Å². The maximum atomic E-state index is 12.0. The van der Waals surface area contributed by atoms with Crippen LogP contribution in [0.1, 0.15) is 26.2 Å². The molecule has 0 saturated heterocycles. The SMILES string of the molecule is CC(Nc1cc(=O)n(C)c2ccccc12)C1CCC1. The van der Waals surface area contributed by atoms with E-state index in [0.29, 0.717) is 6.04 Å². The molecule has 1 N–H and O–H groups in total. The molecule has 1 aromatic heterocycles. The van der Waals surface area contributed by atoms with Crippen molar-refractivity contribution in [2.24, 2.45) is 13.0 Å². The molecule has 1 aliphatic carbocycles. The Morgan fingerprint density at radius 2 is 2.05 bits per heavy atom. The molecule has 1 heterocycles. The van der Waals surface area contributed by atoms with E-state index in [1.165, 1.54) is 19.3 Å². The minimum absolute atomic E-state index is 0.0435. The fraction of sp³-hybridized carbons (Fsp3) is 0.438. The van der Waals surface area contributed by atoms with Crippen LogP contribution in [0.4, 0.5) is 5.69 Å². The summed E-state index contributed by atoms with van der Waals surface area (Å²) in [7, 11) is 1.82. The Bertz CT molecular complexity index is 655. The lowest BCUT2D eigenvalue weighted by Crippen LogP contribution is -2.31. The van der Waals surface area contributed by atoms with E-state index in [1.54, 1.807) is 10.6 Å². The van der Waals surface area contributed by atoms with E-state index in [-0.39, 0.29) is 5.56 Å². The second-order valence-corrected chi connectivity index (χ2v) is 5.60. The van der Waals surface area contributed by atoms with Crippen LogP contribution in [-0.2, 0) is 7.05 Å². The van der Waals surface area contributed by atoms with Crippen LogP contribution in [0.2, 0.25) is 0 Å². The number of pyridine rings is 1. The number of anilines is 1. The third-order valence-electron chi connectivity index (χ3n) is 4.39. The number of hydrogen-bond donors (Lipinski definition) is 1. The van der Waals surface area contributed by atoms with E-state index < -0.39 is 0 Å². The van der Waals surface area contributed by atoms with Crippen LogP contribution in [0.3, 0.4) is 0 Å². The van der Waals surface area contributed by atoms with Gasteiger partial charge in [-0.15, -0.1) is 0 Å². The van der Waals surface area contributed by atoms with Gasteiger partial charge in [0.2, 0.25) is 0 Å². The van der Waals surface area contributed by atoms with Crippen LogP contribution in [0.15, 0.2) is 35.1 Å². The van der Waals surface area contributed by atoms with Crippen LogP contribution in [0, 0.1) is 5.92 Å². The monoisotopic (exact) mass is 256 g/mol. The molecule has 3 rings (SSSR count). The van der Waals surface area contributed by atoms with Crippen molar-refractivity contribution in [1.29, 1.82) is 0 Å². The molecule has 0 aliphatic heterocycles. The number of rotatable bonds is 3. The first-order chi connectivity index (χ1) is 9.16. The predicted molar refractivity (Wildman–Crippen MR) is 79.6 cm³/mol. The van der Waals surface area contributed by atoms with Gasteiger partial charge in [0.05, 0.1) is 5.52 Å². The first-order valence-corrected chi connectivity index (χ1v) is 7.02. The average molecular weight is 256 g/mol. The number of benzene rings is 1. The maximum absolute atomic E-state index is 12.0. The van der Waals surface area contributed by atoms with Gasteiger partial charge in [0.15, 0.2) is 0 Å². The van der Waals surface area contributed by atoms with Crippen molar-refractivity contribution in [3.8, 4) is 0 Å². The molecular formula is C16H20N2O. The van der Waals surface area contributed by atoms with Gasteiger partial charge in [0.1, 0.15) is 0 Å². The Morgan fingerprint density at radius 3 is 2.74 bits per heavy atom. The molecule has 1 fully saturated rings. The molecule has 3 nitrogen and oxygen atoms in total. The molecule has 0 bridgehead atoms. The zero-order valence-corrected chi connectivity index (χ0v) is 11.5. The average Bonchev–Trinajstić information content (AvgIpc) is 2.33. The summed E-state index contributed by atoms with van der Waals surface area (Å²) in [5, 5.41) is 4.66. The van der Waals surface area contributed by atoms with Crippen molar-refractivity contribution in [2.75, 3.05) is 5.32 Å². The number of hydrogen-bond acceptors (Lipinski definition) is 2. The zero-order valence-electron chi connectivity index (χ0n) is 11.5. The third-order valence-corrected chi connectivity index (χ3v) is 4.39. The molecule has 1 atom stereocenters. The van der Waals surface area contributed by atoms with E-state index in [9.17, 15) is 4.79 Å². The molecule has 19 heavy (non-hydrogen) atoms. The fourth-order valence-electron chi connectivity index (χ4n) is 2.83. The van der Waals surface area contributed by atoms with Crippen LogP contribution in [-0.4, -0.2) is 10.6 Å².